The maximum atomic E-state index is 15.2. The molecule has 15 heteroatoms. The second-order valence-corrected chi connectivity index (χ2v) is 15.2. The van der Waals surface area contributed by atoms with E-state index in [0.29, 0.717) is 53.1 Å². The molecule has 1 saturated heterocycles. The zero-order valence-electron chi connectivity index (χ0n) is 28.9. The number of ether oxygens (including phenoxy) is 2. The van der Waals surface area contributed by atoms with Gasteiger partial charge in [0.15, 0.2) is 0 Å². The van der Waals surface area contributed by atoms with Crippen LogP contribution in [-0.2, 0) is 20.5 Å². The zero-order chi connectivity index (χ0) is 37.2. The largest absolute Gasteiger partial charge is 0.444 e. The molecule has 3 aromatic carbocycles. The highest BCUT2D eigenvalue weighted by Crippen LogP contribution is 2.40. The van der Waals surface area contributed by atoms with Crippen molar-refractivity contribution in [1.82, 2.24) is 19.9 Å². The summed E-state index contributed by atoms with van der Waals surface area (Å²) in [6, 6.07) is 13.4. The summed E-state index contributed by atoms with van der Waals surface area (Å²) < 4.78 is 83.2. The van der Waals surface area contributed by atoms with Gasteiger partial charge in [-0.25, -0.2) is 41.3 Å². The van der Waals surface area contributed by atoms with Crippen LogP contribution in [-0.4, -0.2) is 59.1 Å². The number of halogens is 3. The lowest BCUT2D eigenvalue weighted by Gasteiger charge is -2.34. The van der Waals surface area contributed by atoms with Crippen LogP contribution in [0.4, 0.5) is 29.6 Å². The van der Waals surface area contributed by atoms with Crippen LogP contribution in [0.15, 0.2) is 73.1 Å². The van der Waals surface area contributed by atoms with E-state index < -0.39 is 38.8 Å². The second-order valence-electron chi connectivity index (χ2n) is 13.5. The Bertz CT molecular complexity index is 2250. The van der Waals surface area contributed by atoms with E-state index in [4.69, 9.17) is 14.5 Å². The number of aryl methyl sites for hydroxylation is 1. The van der Waals surface area contributed by atoms with Crippen molar-refractivity contribution in [2.45, 2.75) is 57.9 Å². The van der Waals surface area contributed by atoms with Gasteiger partial charge in [0.1, 0.15) is 28.8 Å². The van der Waals surface area contributed by atoms with E-state index in [-0.39, 0.29) is 34.7 Å². The van der Waals surface area contributed by atoms with E-state index in [9.17, 15) is 22.0 Å². The Labute approximate surface area is 299 Å². The average Bonchev–Trinajstić information content (AvgIpc) is 3.08. The predicted octanol–water partition coefficient (Wildman–Crippen LogP) is 7.96. The highest BCUT2D eigenvalue weighted by Gasteiger charge is 2.28. The van der Waals surface area contributed by atoms with Gasteiger partial charge < -0.3 is 19.7 Å². The number of pyridine rings is 1. The number of nitrogens with zero attached hydrogens (tertiary/aromatic N) is 4. The molecule has 272 valence electrons. The molecule has 1 amide bonds. The molecular weight excluding hydrogens is 698 g/mol. The number of rotatable bonds is 9. The number of likely N-dealkylation sites (tertiary alicyclic amines) is 1. The van der Waals surface area contributed by atoms with E-state index in [2.05, 4.69) is 20.0 Å². The summed E-state index contributed by atoms with van der Waals surface area (Å²) in [7, 11) is -4.34. The van der Waals surface area contributed by atoms with Gasteiger partial charge in [0, 0.05) is 53.9 Å². The summed E-state index contributed by atoms with van der Waals surface area (Å²) in [6.07, 6.45) is 4.35. The lowest BCUT2D eigenvalue weighted by molar-refractivity contribution is 0.0206. The fourth-order valence-corrected chi connectivity index (χ4v) is 7.08. The molecule has 1 fully saturated rings. The van der Waals surface area contributed by atoms with Gasteiger partial charge in [0.05, 0.1) is 22.7 Å². The van der Waals surface area contributed by atoms with Crippen LogP contribution in [0.5, 0.6) is 11.6 Å². The minimum atomic E-state index is -4.34. The molecule has 11 nitrogen and oxygen atoms in total. The van der Waals surface area contributed by atoms with Gasteiger partial charge in [-0.15, -0.1) is 0 Å². The highest BCUT2D eigenvalue weighted by molar-refractivity contribution is 7.91. The molecule has 1 aliphatic heterocycles. The number of fused-ring (bicyclic) bond motifs is 1. The van der Waals surface area contributed by atoms with Crippen LogP contribution in [0, 0.1) is 24.4 Å². The number of aromatic nitrogens is 3. The average molecular weight is 735 g/mol. The first kappa shape index (κ1) is 36.4. The molecule has 1 atom stereocenters. The second kappa shape index (κ2) is 14.7. The van der Waals surface area contributed by atoms with Gasteiger partial charge in [-0.1, -0.05) is 18.2 Å². The molecule has 3 heterocycles. The number of hydrogen-bond donors (Lipinski definition) is 2. The van der Waals surface area contributed by atoms with Crippen LogP contribution in [0.3, 0.4) is 0 Å². The molecule has 52 heavy (non-hydrogen) atoms. The highest BCUT2D eigenvalue weighted by atomic mass is 32.2. The van der Waals surface area contributed by atoms with Crippen LogP contribution < -0.4 is 14.8 Å². The number of amides is 1. The first-order chi connectivity index (χ1) is 24.7. The Kier molecular flexibility index (Phi) is 10.2. The minimum absolute atomic E-state index is 0.110. The number of hydrogen-bond acceptors (Lipinski definition) is 9. The number of anilines is 2. The predicted molar refractivity (Wildman–Crippen MR) is 191 cm³/mol. The van der Waals surface area contributed by atoms with E-state index in [1.54, 1.807) is 54.5 Å². The molecule has 0 unspecified atom stereocenters. The van der Waals surface area contributed by atoms with E-state index in [0.717, 1.165) is 31.0 Å². The van der Waals surface area contributed by atoms with E-state index >= 15 is 4.39 Å². The lowest BCUT2D eigenvalue weighted by atomic mass is 10.0. The van der Waals surface area contributed by atoms with Crippen molar-refractivity contribution in [2.24, 2.45) is 0 Å². The molecule has 6 rings (SSSR count). The van der Waals surface area contributed by atoms with Crippen LogP contribution in [0.1, 0.15) is 44.7 Å². The molecule has 2 aromatic heterocycles. The first-order valence-corrected chi connectivity index (χ1v) is 18.2. The topological polar surface area (TPSA) is 136 Å². The molecule has 2 N–H and O–H groups in total. The minimum Gasteiger partial charge on any atom is -0.444 e. The quantitative estimate of drug-likeness (QED) is 0.155. The summed E-state index contributed by atoms with van der Waals surface area (Å²) in [5.74, 6) is -2.79. The maximum absolute atomic E-state index is 15.2. The fourth-order valence-electron chi connectivity index (χ4n) is 5.85. The SMILES string of the molecule is Cc1ccc2c(NS(=O)(=O)Cc3ccc(F)cc3F)c(F)ccc2c1Oc1ncccc1-c1ccnc(N[C@H]2CCCN(C(=O)OC(C)(C)C)C2)n1. The lowest BCUT2D eigenvalue weighted by Crippen LogP contribution is -2.47. The Balaban J connectivity index is 1.26. The van der Waals surface area contributed by atoms with Gasteiger partial charge in [-0.2, -0.15) is 0 Å². The van der Waals surface area contributed by atoms with Crippen LogP contribution in [0.2, 0.25) is 0 Å². The Morgan fingerprint density at radius 3 is 2.54 bits per heavy atom. The van der Waals surface area contributed by atoms with Gasteiger partial charge in [0.2, 0.25) is 21.9 Å². The van der Waals surface area contributed by atoms with Crippen molar-refractivity contribution in [3.05, 3.63) is 102 Å². The molecular formula is C37H37F3N6O5S. The third-order valence-corrected chi connectivity index (χ3v) is 9.43. The molecule has 1 aliphatic rings. The number of piperidine rings is 1. The van der Waals surface area contributed by atoms with E-state index in [1.165, 1.54) is 6.07 Å². The number of benzene rings is 3. The number of nitrogens with one attached hydrogen (secondary N) is 2. The number of carbonyl (C=O) groups excluding carboxylic acids is 1. The molecule has 0 bridgehead atoms. The number of sulfonamides is 1. The smallest absolute Gasteiger partial charge is 0.410 e. The summed E-state index contributed by atoms with van der Waals surface area (Å²) in [6.45, 7) is 8.27. The van der Waals surface area contributed by atoms with Crippen LogP contribution in [0.25, 0.3) is 22.0 Å². The van der Waals surface area contributed by atoms with Crippen LogP contribution >= 0.6 is 0 Å². The summed E-state index contributed by atoms with van der Waals surface area (Å²) >= 11 is 0. The molecule has 5 aromatic rings. The van der Waals surface area contributed by atoms with Gasteiger partial charge in [-0.3, -0.25) is 4.72 Å². The van der Waals surface area contributed by atoms with Gasteiger partial charge >= 0.3 is 6.09 Å². The molecule has 0 aliphatic carbocycles. The van der Waals surface area contributed by atoms with Crippen molar-refractivity contribution >= 4 is 38.5 Å². The van der Waals surface area contributed by atoms with Crippen molar-refractivity contribution in [1.29, 1.82) is 0 Å². The number of carbonyl (C=O) groups is 1. The third kappa shape index (κ3) is 8.53. The fraction of sp³-hybridized carbons (Fsp3) is 0.297. The standard InChI is InChI=1S/C37H37F3N6O5S/c1-22-9-12-26-27(13-14-29(39)32(26)45-52(48,49)21-23-10-11-24(38)19-30(23)40)33(22)50-34-28(8-5-16-41-34)31-15-17-42-35(44-31)43-25-7-6-18-46(20-25)36(47)51-37(2,3)4/h5,8-17,19,25,45H,6-7,18,20-21H2,1-4H3,(H,42,43,44)/t25-/m0/s1. The maximum Gasteiger partial charge on any atom is 0.410 e. The first-order valence-electron chi connectivity index (χ1n) is 16.5. The van der Waals surface area contributed by atoms with Crippen molar-refractivity contribution in [3.8, 4) is 22.9 Å². The van der Waals surface area contributed by atoms with Gasteiger partial charge in [0.25, 0.3) is 0 Å². The monoisotopic (exact) mass is 734 g/mol. The summed E-state index contributed by atoms with van der Waals surface area (Å²) in [5, 5.41) is 3.89. The van der Waals surface area contributed by atoms with Gasteiger partial charge in [-0.05, 0) is 82.5 Å². The normalized spacial score (nSPS) is 15.0. The Morgan fingerprint density at radius 2 is 1.77 bits per heavy atom. The molecule has 0 spiro atoms. The molecule has 0 saturated carbocycles. The molecule has 0 radical (unpaired) electrons. The Morgan fingerprint density at radius 1 is 0.981 bits per heavy atom. The third-order valence-electron chi connectivity index (χ3n) is 8.22. The van der Waals surface area contributed by atoms with Crippen molar-refractivity contribution in [3.63, 3.8) is 0 Å². The summed E-state index contributed by atoms with van der Waals surface area (Å²) in [5.41, 5.74) is 0.424. The zero-order valence-corrected chi connectivity index (χ0v) is 29.7. The van der Waals surface area contributed by atoms with Crippen molar-refractivity contribution < 1.29 is 35.9 Å². The van der Waals surface area contributed by atoms with Crippen molar-refractivity contribution in [2.75, 3.05) is 23.1 Å². The van der Waals surface area contributed by atoms with E-state index in [1.807, 2.05) is 20.8 Å². The Hall–Kier alpha value is -5.44. The summed E-state index contributed by atoms with van der Waals surface area (Å²) in [4.78, 5) is 27.9.